The molecule has 1 aromatic rings. The Morgan fingerprint density at radius 1 is 1.33 bits per heavy atom. The first-order chi connectivity index (χ1) is 9.48. The molecular formula is C12H15F3N2O3S. The van der Waals surface area contributed by atoms with Gasteiger partial charge in [0.2, 0.25) is 15.9 Å². The summed E-state index contributed by atoms with van der Waals surface area (Å²) in [5.41, 5.74) is -1.21. The fourth-order valence-electron chi connectivity index (χ4n) is 1.84. The van der Waals surface area contributed by atoms with Crippen molar-refractivity contribution in [1.29, 1.82) is 0 Å². The van der Waals surface area contributed by atoms with Crippen LogP contribution in [0.1, 0.15) is 12.5 Å². The fraction of sp³-hybridized carbons (Fsp3) is 0.417. The minimum absolute atomic E-state index is 0.219. The molecule has 0 bridgehead atoms. The van der Waals surface area contributed by atoms with E-state index in [-0.39, 0.29) is 5.69 Å². The Hall–Kier alpha value is -1.77. The lowest BCUT2D eigenvalue weighted by Crippen LogP contribution is -2.47. The second-order valence-corrected chi connectivity index (χ2v) is 6.26. The van der Waals surface area contributed by atoms with Crippen molar-refractivity contribution < 1.29 is 26.4 Å². The molecule has 0 aliphatic rings. The van der Waals surface area contributed by atoms with E-state index in [0.717, 1.165) is 18.4 Å². The summed E-state index contributed by atoms with van der Waals surface area (Å²) in [5.74, 6) is -0.627. The first kappa shape index (κ1) is 17.3. The summed E-state index contributed by atoms with van der Waals surface area (Å²) in [6, 6.07) is 2.64. The van der Waals surface area contributed by atoms with Gasteiger partial charge >= 0.3 is 6.18 Å². The SMILES string of the molecule is CNC(=O)[C@@H](C)N(c1cccc(C(F)(F)F)c1)S(C)(=O)=O. The van der Waals surface area contributed by atoms with Crippen LogP contribution >= 0.6 is 0 Å². The molecule has 0 unspecified atom stereocenters. The van der Waals surface area contributed by atoms with E-state index in [1.807, 2.05) is 0 Å². The summed E-state index contributed by atoms with van der Waals surface area (Å²) < 4.78 is 62.4. The Balaban J connectivity index is 3.39. The van der Waals surface area contributed by atoms with Gasteiger partial charge in [0.05, 0.1) is 17.5 Å². The second-order valence-electron chi connectivity index (χ2n) is 4.40. The molecule has 0 aromatic heterocycles. The number of amides is 1. The summed E-state index contributed by atoms with van der Waals surface area (Å²) in [6.07, 6.45) is -3.78. The molecule has 0 heterocycles. The Labute approximate surface area is 120 Å². The summed E-state index contributed by atoms with van der Waals surface area (Å²) in [4.78, 5) is 11.6. The van der Waals surface area contributed by atoms with Crippen LogP contribution < -0.4 is 9.62 Å². The van der Waals surface area contributed by atoms with Crippen molar-refractivity contribution in [3.05, 3.63) is 29.8 Å². The number of sulfonamides is 1. The number of benzene rings is 1. The number of likely N-dealkylation sites (N-methyl/N-ethyl adjacent to an activating group) is 1. The Kier molecular flexibility index (Phi) is 4.87. The lowest BCUT2D eigenvalue weighted by Gasteiger charge is -2.28. The van der Waals surface area contributed by atoms with E-state index in [1.54, 1.807) is 0 Å². The molecule has 0 saturated carbocycles. The number of nitrogens with zero attached hydrogens (tertiary/aromatic N) is 1. The number of hydrogen-bond donors (Lipinski definition) is 1. The monoisotopic (exact) mass is 324 g/mol. The molecule has 21 heavy (non-hydrogen) atoms. The molecule has 0 spiro atoms. The first-order valence-electron chi connectivity index (χ1n) is 5.86. The van der Waals surface area contributed by atoms with E-state index in [2.05, 4.69) is 5.32 Å². The number of carbonyl (C=O) groups is 1. The second kappa shape index (κ2) is 5.92. The van der Waals surface area contributed by atoms with Gasteiger partial charge < -0.3 is 5.32 Å². The lowest BCUT2D eigenvalue weighted by molar-refractivity contribution is -0.137. The molecule has 1 atom stereocenters. The molecule has 9 heteroatoms. The van der Waals surface area contributed by atoms with Gasteiger partial charge in [-0.05, 0) is 25.1 Å². The molecular weight excluding hydrogens is 309 g/mol. The number of alkyl halides is 3. The molecule has 1 N–H and O–H groups in total. The van der Waals surface area contributed by atoms with E-state index >= 15 is 0 Å². The third-order valence-electron chi connectivity index (χ3n) is 2.76. The van der Waals surface area contributed by atoms with Gasteiger partial charge in [-0.25, -0.2) is 8.42 Å². The van der Waals surface area contributed by atoms with Crippen molar-refractivity contribution in [3.63, 3.8) is 0 Å². The smallest absolute Gasteiger partial charge is 0.357 e. The van der Waals surface area contributed by atoms with E-state index in [4.69, 9.17) is 0 Å². The molecule has 118 valence electrons. The van der Waals surface area contributed by atoms with Gasteiger partial charge in [0, 0.05) is 7.05 Å². The zero-order valence-corrected chi connectivity index (χ0v) is 12.4. The van der Waals surface area contributed by atoms with Gasteiger partial charge in [-0.1, -0.05) is 6.07 Å². The van der Waals surface area contributed by atoms with Gasteiger partial charge in [0.1, 0.15) is 6.04 Å². The Morgan fingerprint density at radius 3 is 2.33 bits per heavy atom. The van der Waals surface area contributed by atoms with Gasteiger partial charge in [0.15, 0.2) is 0 Å². The van der Waals surface area contributed by atoms with Crippen molar-refractivity contribution in [2.75, 3.05) is 17.6 Å². The van der Waals surface area contributed by atoms with Gasteiger partial charge in [-0.15, -0.1) is 0 Å². The highest BCUT2D eigenvalue weighted by atomic mass is 32.2. The van der Waals surface area contributed by atoms with Crippen LogP contribution in [0.25, 0.3) is 0 Å². The zero-order chi connectivity index (χ0) is 16.4. The third-order valence-corrected chi connectivity index (χ3v) is 4.00. The van der Waals surface area contributed by atoms with Crippen LogP contribution in [0, 0.1) is 0 Å². The summed E-state index contributed by atoms with van der Waals surface area (Å²) in [6.45, 7) is 1.29. The Bertz CT molecular complexity index is 629. The molecule has 5 nitrogen and oxygen atoms in total. The maximum atomic E-state index is 12.7. The number of anilines is 1. The van der Waals surface area contributed by atoms with Crippen LogP contribution in [0.15, 0.2) is 24.3 Å². The molecule has 1 amide bonds. The molecule has 1 rings (SSSR count). The van der Waals surface area contributed by atoms with E-state index in [0.29, 0.717) is 10.4 Å². The lowest BCUT2D eigenvalue weighted by atomic mass is 10.2. The molecule has 1 aromatic carbocycles. The number of halogens is 3. The normalized spacial score (nSPS) is 13.6. The highest BCUT2D eigenvalue weighted by Gasteiger charge is 2.33. The van der Waals surface area contributed by atoms with Crippen molar-refractivity contribution in [1.82, 2.24) is 5.32 Å². The van der Waals surface area contributed by atoms with Crippen LogP contribution in [-0.4, -0.2) is 33.7 Å². The highest BCUT2D eigenvalue weighted by Crippen LogP contribution is 2.32. The summed E-state index contributed by atoms with van der Waals surface area (Å²) in [7, 11) is -2.62. The van der Waals surface area contributed by atoms with Gasteiger partial charge in [-0.2, -0.15) is 13.2 Å². The van der Waals surface area contributed by atoms with Gasteiger partial charge in [-0.3, -0.25) is 9.10 Å². The zero-order valence-electron chi connectivity index (χ0n) is 11.6. The molecule has 0 fully saturated rings. The van der Waals surface area contributed by atoms with Crippen molar-refractivity contribution in [2.24, 2.45) is 0 Å². The average Bonchev–Trinajstić information content (AvgIpc) is 2.35. The number of rotatable bonds is 4. The van der Waals surface area contributed by atoms with E-state index in [9.17, 15) is 26.4 Å². The van der Waals surface area contributed by atoms with Crippen molar-refractivity contribution in [3.8, 4) is 0 Å². The minimum atomic E-state index is -4.60. The summed E-state index contributed by atoms with van der Waals surface area (Å²) in [5, 5.41) is 2.26. The van der Waals surface area contributed by atoms with Crippen LogP contribution in [0.4, 0.5) is 18.9 Å². The van der Waals surface area contributed by atoms with Gasteiger partial charge in [0.25, 0.3) is 0 Å². The Morgan fingerprint density at radius 2 is 1.90 bits per heavy atom. The maximum absolute atomic E-state index is 12.7. The average molecular weight is 324 g/mol. The molecule has 0 aliphatic heterocycles. The molecule has 0 radical (unpaired) electrons. The highest BCUT2D eigenvalue weighted by molar-refractivity contribution is 7.92. The number of carbonyl (C=O) groups excluding carboxylic acids is 1. The van der Waals surface area contributed by atoms with Crippen LogP contribution in [0.2, 0.25) is 0 Å². The van der Waals surface area contributed by atoms with Crippen LogP contribution in [0.3, 0.4) is 0 Å². The van der Waals surface area contributed by atoms with E-state index < -0.39 is 33.7 Å². The van der Waals surface area contributed by atoms with Crippen molar-refractivity contribution >= 4 is 21.6 Å². The van der Waals surface area contributed by atoms with E-state index in [1.165, 1.54) is 20.0 Å². The predicted octanol–water partition coefficient (Wildman–Crippen LogP) is 1.61. The van der Waals surface area contributed by atoms with Crippen LogP contribution in [-0.2, 0) is 21.0 Å². The van der Waals surface area contributed by atoms with Crippen LogP contribution in [0.5, 0.6) is 0 Å². The molecule has 0 aliphatic carbocycles. The third kappa shape index (κ3) is 4.10. The molecule has 0 saturated heterocycles. The predicted molar refractivity (Wildman–Crippen MR) is 72.3 cm³/mol. The summed E-state index contributed by atoms with van der Waals surface area (Å²) >= 11 is 0. The number of nitrogens with one attached hydrogen (secondary N) is 1. The first-order valence-corrected chi connectivity index (χ1v) is 7.71. The van der Waals surface area contributed by atoms with Crippen molar-refractivity contribution in [2.45, 2.75) is 19.1 Å². The topological polar surface area (TPSA) is 66.5 Å². The standard InChI is InChI=1S/C12H15F3N2O3S/c1-8(11(18)16-2)17(21(3,19)20)10-6-4-5-9(7-10)12(13,14)15/h4-8H,1-3H3,(H,16,18)/t8-/m1/s1. The number of hydrogen-bond acceptors (Lipinski definition) is 3. The maximum Gasteiger partial charge on any atom is 0.416 e. The minimum Gasteiger partial charge on any atom is -0.357 e. The largest absolute Gasteiger partial charge is 0.416 e. The fourth-order valence-corrected chi connectivity index (χ4v) is 3.00. The quantitative estimate of drug-likeness (QED) is 0.915.